The van der Waals surface area contributed by atoms with Gasteiger partial charge in [0.1, 0.15) is 12.2 Å². The largest absolute Gasteiger partial charge is 0.472 e. The Morgan fingerprint density at radius 1 is 0.552 bits per heavy atom. The van der Waals surface area contributed by atoms with Crippen molar-refractivity contribution in [1.29, 1.82) is 0 Å². The monoisotopic (exact) mass is 837 g/mol. The quantitative estimate of drug-likeness (QED) is 0.0238. The molecule has 0 heterocycles. The number of phosphoric acid groups is 1. The molecule has 0 radical (unpaired) electrons. The summed E-state index contributed by atoms with van der Waals surface area (Å²) in [6.07, 6.45) is 52.8. The Kier molecular flexibility index (Phi) is 42.8. The van der Waals surface area contributed by atoms with Gasteiger partial charge in [0, 0.05) is 13.0 Å². The summed E-state index contributed by atoms with van der Waals surface area (Å²) in [6.45, 7) is 3.35. The molecular weight excluding hydrogens is 751 g/mol. The summed E-state index contributed by atoms with van der Waals surface area (Å²) in [5.41, 5.74) is 0. The topological polar surface area (TPSA) is 132 Å². The molecule has 0 bridgehead atoms. The van der Waals surface area contributed by atoms with E-state index < -0.39 is 39.2 Å². The molecule has 0 aromatic rings. The molecule has 3 N–H and O–H groups in total. The van der Waals surface area contributed by atoms with Gasteiger partial charge in [-0.3, -0.25) is 13.8 Å². The van der Waals surface area contributed by atoms with E-state index in [1.165, 1.54) is 70.6 Å². The fourth-order valence-electron chi connectivity index (χ4n) is 5.91. The van der Waals surface area contributed by atoms with E-state index in [1.807, 2.05) is 0 Å². The maximum absolute atomic E-state index is 12.6. The van der Waals surface area contributed by atoms with Crippen molar-refractivity contribution in [2.75, 3.05) is 33.0 Å². The zero-order valence-electron chi connectivity index (χ0n) is 36.7. The highest BCUT2D eigenvalue weighted by Gasteiger charge is 2.26. The van der Waals surface area contributed by atoms with Gasteiger partial charge in [0.15, 0.2) is 0 Å². The first-order valence-corrected chi connectivity index (χ1v) is 24.4. The molecule has 0 aliphatic heterocycles. The Morgan fingerprint density at radius 3 is 1.50 bits per heavy atom. The SMILES string of the molecule is CC/C=C\C/C=C\C/C=C\C/C=C\C/C=C\CCCCCCCCCC(=O)OC(COCCCCCCCC/C=C\CCCCCC)COP(=O)(O)OCC(O)CO. The first-order valence-electron chi connectivity index (χ1n) is 22.9. The van der Waals surface area contributed by atoms with Gasteiger partial charge in [0.2, 0.25) is 0 Å². The average molecular weight is 837 g/mol. The molecular formula is C48H85O9P. The van der Waals surface area contributed by atoms with Crippen molar-refractivity contribution in [3.8, 4) is 0 Å². The van der Waals surface area contributed by atoms with E-state index in [9.17, 15) is 19.4 Å². The van der Waals surface area contributed by atoms with Crippen LogP contribution in [0, 0.1) is 0 Å². The molecule has 9 nitrogen and oxygen atoms in total. The van der Waals surface area contributed by atoms with Crippen LogP contribution in [0.2, 0.25) is 0 Å². The van der Waals surface area contributed by atoms with Gasteiger partial charge < -0.3 is 24.6 Å². The van der Waals surface area contributed by atoms with Crippen LogP contribution in [0.1, 0.15) is 181 Å². The minimum atomic E-state index is -4.53. The minimum absolute atomic E-state index is 0.0371. The van der Waals surface area contributed by atoms with Crippen LogP contribution in [0.5, 0.6) is 0 Å². The van der Waals surface area contributed by atoms with E-state index in [0.29, 0.717) is 13.0 Å². The molecule has 0 aliphatic rings. The maximum Gasteiger partial charge on any atom is 0.472 e. The lowest BCUT2D eigenvalue weighted by molar-refractivity contribution is -0.154. The Hall–Kier alpha value is -2.10. The second kappa shape index (κ2) is 44.5. The number of unbranched alkanes of at least 4 members (excludes halogenated alkanes) is 17. The molecule has 3 atom stereocenters. The van der Waals surface area contributed by atoms with Crippen LogP contribution < -0.4 is 0 Å². The number of esters is 1. The second-order valence-electron chi connectivity index (χ2n) is 15.0. The predicted octanol–water partition coefficient (Wildman–Crippen LogP) is 12.9. The van der Waals surface area contributed by atoms with Gasteiger partial charge in [-0.2, -0.15) is 0 Å². The molecule has 0 rings (SSSR count). The van der Waals surface area contributed by atoms with Crippen LogP contribution in [-0.2, 0) is 27.9 Å². The highest BCUT2D eigenvalue weighted by Crippen LogP contribution is 2.43. The standard InChI is InChI=1S/C48H85O9P/c1-3-5-7-9-11-13-15-17-19-20-21-22-23-24-25-26-27-28-30-32-34-36-38-40-48(51)57-47(45-56-58(52,53)55-43-46(50)42-49)44-54-41-39-37-35-33-31-29-18-16-14-12-10-8-6-4-2/h5,7,11,13-14,16-17,19,21-22,24-25,46-47,49-50H,3-4,6,8-10,12,15,18,20,23,26-45H2,1-2H3,(H,52,53)/b7-5-,13-11-,16-14-,19-17-,22-21-,25-24-. The smallest absolute Gasteiger partial charge is 0.457 e. The van der Waals surface area contributed by atoms with E-state index in [2.05, 4.69) is 86.8 Å². The number of carbonyl (C=O) groups is 1. The van der Waals surface area contributed by atoms with Crippen molar-refractivity contribution < 1.29 is 43.0 Å². The Bertz CT molecular complexity index is 1130. The summed E-state index contributed by atoms with van der Waals surface area (Å²) < 4.78 is 33.4. The van der Waals surface area contributed by atoms with E-state index in [1.54, 1.807) is 0 Å². The molecule has 0 aromatic carbocycles. The first-order chi connectivity index (χ1) is 28.3. The maximum atomic E-state index is 12.6. The number of allylic oxidation sites excluding steroid dienone is 12. The number of phosphoric ester groups is 1. The van der Waals surface area contributed by atoms with Crippen LogP contribution in [0.15, 0.2) is 72.9 Å². The molecule has 0 saturated carbocycles. The molecule has 3 unspecified atom stereocenters. The minimum Gasteiger partial charge on any atom is -0.457 e. The van der Waals surface area contributed by atoms with Gasteiger partial charge >= 0.3 is 13.8 Å². The van der Waals surface area contributed by atoms with E-state index in [0.717, 1.165) is 83.5 Å². The summed E-state index contributed by atoms with van der Waals surface area (Å²) in [4.78, 5) is 22.6. The van der Waals surface area contributed by atoms with Crippen molar-refractivity contribution in [2.24, 2.45) is 0 Å². The van der Waals surface area contributed by atoms with Crippen molar-refractivity contribution in [2.45, 2.75) is 193 Å². The molecule has 0 amide bonds. The van der Waals surface area contributed by atoms with Gasteiger partial charge in [-0.05, 0) is 83.5 Å². The molecule has 10 heteroatoms. The number of hydrogen-bond acceptors (Lipinski definition) is 8. The fourth-order valence-corrected chi connectivity index (χ4v) is 6.70. The second-order valence-corrected chi connectivity index (χ2v) is 16.5. The number of aliphatic hydroxyl groups is 2. The van der Waals surface area contributed by atoms with Crippen LogP contribution >= 0.6 is 7.82 Å². The lowest BCUT2D eigenvalue weighted by atomic mass is 10.1. The van der Waals surface area contributed by atoms with Crippen molar-refractivity contribution in [3.05, 3.63) is 72.9 Å². The molecule has 0 spiro atoms. The van der Waals surface area contributed by atoms with Crippen molar-refractivity contribution in [3.63, 3.8) is 0 Å². The number of rotatable bonds is 43. The normalized spacial score (nSPS) is 14.6. The third-order valence-electron chi connectivity index (χ3n) is 9.38. The van der Waals surface area contributed by atoms with Gasteiger partial charge in [-0.25, -0.2) is 4.57 Å². The zero-order chi connectivity index (χ0) is 42.5. The molecule has 336 valence electrons. The Morgan fingerprint density at radius 2 is 0.983 bits per heavy atom. The summed E-state index contributed by atoms with van der Waals surface area (Å²) in [5.74, 6) is -0.398. The van der Waals surface area contributed by atoms with Gasteiger partial charge in [0.25, 0.3) is 0 Å². The molecule has 0 aromatic heterocycles. The average Bonchev–Trinajstić information content (AvgIpc) is 3.21. The highest BCUT2D eigenvalue weighted by molar-refractivity contribution is 7.47. The van der Waals surface area contributed by atoms with E-state index in [-0.39, 0.29) is 19.6 Å². The van der Waals surface area contributed by atoms with Gasteiger partial charge in [-0.1, -0.05) is 164 Å². The van der Waals surface area contributed by atoms with Crippen LogP contribution in [-0.4, -0.2) is 66.3 Å². The number of hydrogen-bond donors (Lipinski definition) is 3. The number of aliphatic hydroxyl groups excluding tert-OH is 2. The highest BCUT2D eigenvalue weighted by atomic mass is 31.2. The summed E-state index contributed by atoms with van der Waals surface area (Å²) in [7, 11) is -4.53. The lowest BCUT2D eigenvalue weighted by Gasteiger charge is -2.20. The number of carbonyl (C=O) groups excluding carboxylic acids is 1. The Balaban J connectivity index is 4.17. The van der Waals surface area contributed by atoms with E-state index >= 15 is 0 Å². The molecule has 58 heavy (non-hydrogen) atoms. The third kappa shape index (κ3) is 43.5. The summed E-state index contributed by atoms with van der Waals surface area (Å²) in [5, 5.41) is 18.4. The van der Waals surface area contributed by atoms with Gasteiger partial charge in [0.05, 0.1) is 26.4 Å². The van der Waals surface area contributed by atoms with Crippen molar-refractivity contribution in [1.82, 2.24) is 0 Å². The van der Waals surface area contributed by atoms with Crippen LogP contribution in [0.3, 0.4) is 0 Å². The van der Waals surface area contributed by atoms with E-state index in [4.69, 9.17) is 23.6 Å². The molecule has 0 fully saturated rings. The Labute approximate surface area is 354 Å². The molecule has 0 saturated heterocycles. The lowest BCUT2D eigenvalue weighted by Crippen LogP contribution is -2.29. The van der Waals surface area contributed by atoms with Crippen molar-refractivity contribution >= 4 is 13.8 Å². The molecule has 0 aliphatic carbocycles. The third-order valence-corrected chi connectivity index (χ3v) is 10.3. The number of ether oxygens (including phenoxy) is 2. The summed E-state index contributed by atoms with van der Waals surface area (Å²) >= 11 is 0. The van der Waals surface area contributed by atoms with Gasteiger partial charge in [-0.15, -0.1) is 0 Å². The van der Waals surface area contributed by atoms with Crippen LogP contribution in [0.4, 0.5) is 0 Å². The van der Waals surface area contributed by atoms with Crippen LogP contribution in [0.25, 0.3) is 0 Å². The summed E-state index contributed by atoms with van der Waals surface area (Å²) in [6, 6.07) is 0. The predicted molar refractivity (Wildman–Crippen MR) is 242 cm³/mol. The first kappa shape index (κ1) is 55.9. The fraction of sp³-hybridized carbons (Fsp3) is 0.729. The zero-order valence-corrected chi connectivity index (χ0v) is 37.6.